The third-order valence-corrected chi connectivity index (χ3v) is 5.00. The number of carbonyl (C=O) groups excluding carboxylic acids is 4. The highest BCUT2D eigenvalue weighted by Gasteiger charge is 2.32. The van der Waals surface area contributed by atoms with Crippen LogP contribution >= 0.6 is 0 Å². The maximum Gasteiger partial charge on any atom is 0.306 e. The van der Waals surface area contributed by atoms with Crippen LogP contribution in [-0.4, -0.2) is 47.8 Å². The maximum absolute atomic E-state index is 12.8. The lowest BCUT2D eigenvalue weighted by atomic mass is 9.94. The lowest BCUT2D eigenvalue weighted by Gasteiger charge is -2.27. The number of nitrogens with one attached hydrogen (secondary N) is 1. The van der Waals surface area contributed by atoms with Gasteiger partial charge in [-0.05, 0) is 37.3 Å². The van der Waals surface area contributed by atoms with Crippen molar-refractivity contribution in [2.24, 2.45) is 0 Å². The van der Waals surface area contributed by atoms with E-state index in [9.17, 15) is 19.2 Å². The minimum Gasteiger partial charge on any atom is -0.456 e. The molecule has 1 aliphatic rings. The van der Waals surface area contributed by atoms with Crippen molar-refractivity contribution in [3.63, 3.8) is 0 Å². The first-order valence-electron chi connectivity index (χ1n) is 9.75. The van der Waals surface area contributed by atoms with Crippen LogP contribution < -0.4 is 5.32 Å². The van der Waals surface area contributed by atoms with E-state index in [0.29, 0.717) is 16.5 Å². The van der Waals surface area contributed by atoms with Gasteiger partial charge in [-0.2, -0.15) is 0 Å². The van der Waals surface area contributed by atoms with Crippen LogP contribution in [0.2, 0.25) is 0 Å². The summed E-state index contributed by atoms with van der Waals surface area (Å²) in [4.78, 5) is 50.2. The van der Waals surface area contributed by atoms with Gasteiger partial charge in [0.15, 0.2) is 6.61 Å². The van der Waals surface area contributed by atoms with E-state index in [1.54, 1.807) is 24.3 Å². The Hall–Kier alpha value is -3.22. The van der Waals surface area contributed by atoms with E-state index in [4.69, 9.17) is 4.74 Å². The Bertz CT molecular complexity index is 918. The van der Waals surface area contributed by atoms with Crippen molar-refractivity contribution >= 4 is 34.5 Å². The minimum absolute atomic E-state index is 0.0134. The average molecular weight is 396 g/mol. The molecule has 7 heteroatoms. The quantitative estimate of drug-likeness (QED) is 0.547. The zero-order valence-electron chi connectivity index (χ0n) is 16.6. The molecule has 152 valence electrons. The number of esters is 1. The van der Waals surface area contributed by atoms with Crippen molar-refractivity contribution in [3.8, 4) is 0 Å². The number of amides is 3. The van der Waals surface area contributed by atoms with E-state index in [1.165, 1.54) is 4.90 Å². The van der Waals surface area contributed by atoms with Gasteiger partial charge in [-0.15, -0.1) is 0 Å². The van der Waals surface area contributed by atoms with Crippen molar-refractivity contribution in [1.29, 1.82) is 0 Å². The molecular formula is C22H24N2O5. The number of benzene rings is 2. The van der Waals surface area contributed by atoms with Gasteiger partial charge in [0, 0.05) is 35.5 Å². The van der Waals surface area contributed by atoms with Gasteiger partial charge in [0.05, 0.1) is 0 Å². The van der Waals surface area contributed by atoms with Crippen LogP contribution in [0.3, 0.4) is 0 Å². The van der Waals surface area contributed by atoms with Crippen LogP contribution in [0.1, 0.15) is 53.8 Å². The fraction of sp³-hybridized carbons (Fsp3) is 0.364. The summed E-state index contributed by atoms with van der Waals surface area (Å²) in [6.45, 7) is 3.58. The van der Waals surface area contributed by atoms with E-state index in [2.05, 4.69) is 5.32 Å². The summed E-state index contributed by atoms with van der Waals surface area (Å²) in [6, 6.07) is 10.7. The number of imide groups is 1. The fourth-order valence-electron chi connectivity index (χ4n) is 3.30. The van der Waals surface area contributed by atoms with Crippen LogP contribution in [0.25, 0.3) is 10.8 Å². The third kappa shape index (κ3) is 4.45. The van der Waals surface area contributed by atoms with Crippen LogP contribution in [0, 0.1) is 0 Å². The Morgan fingerprint density at radius 2 is 1.69 bits per heavy atom. The second-order valence-corrected chi connectivity index (χ2v) is 7.11. The molecule has 1 aliphatic heterocycles. The molecule has 1 unspecified atom stereocenters. The summed E-state index contributed by atoms with van der Waals surface area (Å²) < 4.78 is 4.96. The predicted octanol–water partition coefficient (Wildman–Crippen LogP) is 2.67. The van der Waals surface area contributed by atoms with Gasteiger partial charge in [0.2, 0.25) is 0 Å². The Morgan fingerprint density at radius 3 is 2.28 bits per heavy atom. The van der Waals surface area contributed by atoms with Crippen LogP contribution in [0.4, 0.5) is 0 Å². The van der Waals surface area contributed by atoms with E-state index in [-0.39, 0.29) is 49.8 Å². The second kappa shape index (κ2) is 8.86. The molecule has 0 radical (unpaired) electrons. The standard InChI is InChI=1S/C22H24N2O5/c1-3-14(2)23-18(25)13-29-19(26)11-6-12-24-21(27)16-9-4-7-15-8-5-10-17(20(15)16)22(24)28/h4-5,7-10,14H,3,6,11-13H2,1-2H3,(H,23,25). The normalized spacial score (nSPS) is 14.1. The van der Waals surface area contributed by atoms with E-state index in [1.807, 2.05) is 26.0 Å². The number of hydrogen-bond acceptors (Lipinski definition) is 5. The highest BCUT2D eigenvalue weighted by molar-refractivity contribution is 6.25. The Kier molecular flexibility index (Phi) is 6.26. The van der Waals surface area contributed by atoms with Crippen molar-refractivity contribution in [2.45, 2.75) is 39.2 Å². The van der Waals surface area contributed by atoms with Crippen molar-refractivity contribution in [2.75, 3.05) is 13.2 Å². The zero-order valence-corrected chi connectivity index (χ0v) is 16.6. The van der Waals surface area contributed by atoms with Crippen molar-refractivity contribution < 1.29 is 23.9 Å². The smallest absolute Gasteiger partial charge is 0.306 e. The lowest BCUT2D eigenvalue weighted by Crippen LogP contribution is -2.41. The third-order valence-electron chi connectivity index (χ3n) is 5.00. The predicted molar refractivity (Wildman–Crippen MR) is 107 cm³/mol. The van der Waals surface area contributed by atoms with E-state index >= 15 is 0 Å². The Balaban J connectivity index is 1.55. The van der Waals surface area contributed by atoms with Crippen molar-refractivity contribution in [3.05, 3.63) is 47.5 Å². The van der Waals surface area contributed by atoms with Crippen LogP contribution in [0.5, 0.6) is 0 Å². The highest BCUT2D eigenvalue weighted by atomic mass is 16.5. The summed E-state index contributed by atoms with van der Waals surface area (Å²) in [5.74, 6) is -1.61. The van der Waals surface area contributed by atoms with Gasteiger partial charge in [0.1, 0.15) is 0 Å². The monoisotopic (exact) mass is 396 g/mol. The molecule has 0 spiro atoms. The van der Waals surface area contributed by atoms with Gasteiger partial charge in [-0.3, -0.25) is 24.1 Å². The molecule has 3 rings (SSSR count). The largest absolute Gasteiger partial charge is 0.456 e. The van der Waals surface area contributed by atoms with Gasteiger partial charge < -0.3 is 10.1 Å². The fourth-order valence-corrected chi connectivity index (χ4v) is 3.30. The first kappa shape index (κ1) is 20.5. The van der Waals surface area contributed by atoms with Gasteiger partial charge in [-0.1, -0.05) is 31.2 Å². The number of ether oxygens (including phenoxy) is 1. The molecule has 1 heterocycles. The number of carbonyl (C=O) groups is 4. The summed E-state index contributed by atoms with van der Waals surface area (Å²) >= 11 is 0. The van der Waals surface area contributed by atoms with Crippen molar-refractivity contribution in [1.82, 2.24) is 10.2 Å². The zero-order chi connectivity index (χ0) is 21.0. The topological polar surface area (TPSA) is 92.8 Å². The van der Waals surface area contributed by atoms with Gasteiger partial charge >= 0.3 is 5.97 Å². The van der Waals surface area contributed by atoms with Crippen LogP contribution in [0.15, 0.2) is 36.4 Å². The number of hydrogen-bond donors (Lipinski definition) is 1. The van der Waals surface area contributed by atoms with E-state index in [0.717, 1.165) is 11.8 Å². The van der Waals surface area contributed by atoms with E-state index < -0.39 is 5.97 Å². The maximum atomic E-state index is 12.8. The molecule has 2 aromatic carbocycles. The molecule has 2 aromatic rings. The SMILES string of the molecule is CCC(C)NC(=O)COC(=O)CCCN1C(=O)c2cccc3cccc(c23)C1=O. The van der Waals surface area contributed by atoms with Crippen LogP contribution in [-0.2, 0) is 14.3 Å². The molecular weight excluding hydrogens is 372 g/mol. The highest BCUT2D eigenvalue weighted by Crippen LogP contribution is 2.30. The lowest BCUT2D eigenvalue weighted by molar-refractivity contribution is -0.148. The summed E-state index contributed by atoms with van der Waals surface area (Å²) in [5.41, 5.74) is 0.976. The van der Waals surface area contributed by atoms with Gasteiger partial charge in [-0.25, -0.2) is 0 Å². The molecule has 0 bridgehead atoms. The molecule has 0 fully saturated rings. The average Bonchev–Trinajstić information content (AvgIpc) is 2.72. The van der Waals surface area contributed by atoms with Gasteiger partial charge in [0.25, 0.3) is 17.7 Å². The molecule has 0 aromatic heterocycles. The molecule has 1 atom stereocenters. The molecule has 7 nitrogen and oxygen atoms in total. The Labute approximate surface area is 169 Å². The number of nitrogens with zero attached hydrogens (tertiary/aromatic N) is 1. The molecule has 0 saturated heterocycles. The molecule has 0 aliphatic carbocycles. The molecule has 0 saturated carbocycles. The second-order valence-electron chi connectivity index (χ2n) is 7.11. The summed E-state index contributed by atoms with van der Waals surface area (Å²) in [7, 11) is 0. The summed E-state index contributed by atoms with van der Waals surface area (Å²) in [6.07, 6.45) is 1.06. The molecule has 29 heavy (non-hydrogen) atoms. The first-order valence-corrected chi connectivity index (χ1v) is 9.75. The Morgan fingerprint density at radius 1 is 1.07 bits per heavy atom. The molecule has 3 amide bonds. The first-order chi connectivity index (χ1) is 13.9. The number of rotatable bonds is 8. The summed E-state index contributed by atoms with van der Waals surface area (Å²) in [5, 5.41) is 4.23. The minimum atomic E-state index is -0.538. The molecule has 1 N–H and O–H groups in total.